The van der Waals surface area contributed by atoms with Gasteiger partial charge in [-0.2, -0.15) is 4.31 Å². The Balaban J connectivity index is 2.30. The van der Waals surface area contributed by atoms with Crippen molar-refractivity contribution in [1.29, 1.82) is 0 Å². The minimum absolute atomic E-state index is 0.0737. The second kappa shape index (κ2) is 5.19. The van der Waals surface area contributed by atoms with Gasteiger partial charge >= 0.3 is 5.82 Å². The second-order valence-corrected chi connectivity index (χ2v) is 6.18. The van der Waals surface area contributed by atoms with Crippen molar-refractivity contribution in [1.82, 2.24) is 9.29 Å². The molecule has 1 aliphatic heterocycles. The van der Waals surface area contributed by atoms with Gasteiger partial charge < -0.3 is 15.8 Å². The van der Waals surface area contributed by atoms with Gasteiger partial charge in [0, 0.05) is 12.6 Å². The number of hydrogen-bond donors (Lipinski definition) is 1. The van der Waals surface area contributed by atoms with Crippen LogP contribution in [-0.4, -0.2) is 35.3 Å². The molecular formula is C10H14N4O4S. The maximum absolute atomic E-state index is 12.3. The SMILES string of the molecule is NC1CCCCN1S(=O)(=O)c1ccc([N+](=O)[O-])nc1. The van der Waals surface area contributed by atoms with Gasteiger partial charge in [-0.25, -0.2) is 8.42 Å². The quantitative estimate of drug-likeness (QED) is 0.636. The van der Waals surface area contributed by atoms with Crippen LogP contribution in [0.5, 0.6) is 0 Å². The monoisotopic (exact) mass is 286 g/mol. The normalized spacial score (nSPS) is 21.2. The van der Waals surface area contributed by atoms with E-state index in [9.17, 15) is 18.5 Å². The van der Waals surface area contributed by atoms with Gasteiger partial charge in [-0.15, -0.1) is 0 Å². The van der Waals surface area contributed by atoms with E-state index in [4.69, 9.17) is 5.73 Å². The van der Waals surface area contributed by atoms with Gasteiger partial charge in [0.1, 0.15) is 4.90 Å². The van der Waals surface area contributed by atoms with Crippen molar-refractivity contribution >= 4 is 15.8 Å². The number of sulfonamides is 1. The van der Waals surface area contributed by atoms with Gasteiger partial charge in [0.2, 0.25) is 10.0 Å². The lowest BCUT2D eigenvalue weighted by atomic mass is 10.1. The Labute approximate surface area is 110 Å². The average molecular weight is 286 g/mol. The summed E-state index contributed by atoms with van der Waals surface area (Å²) < 4.78 is 25.9. The van der Waals surface area contributed by atoms with E-state index in [1.54, 1.807) is 0 Å². The predicted molar refractivity (Wildman–Crippen MR) is 66.6 cm³/mol. The summed E-state index contributed by atoms with van der Waals surface area (Å²) in [4.78, 5) is 13.2. The van der Waals surface area contributed by atoms with Crippen molar-refractivity contribution in [2.75, 3.05) is 6.54 Å². The summed E-state index contributed by atoms with van der Waals surface area (Å²) in [6, 6.07) is 2.25. The Morgan fingerprint density at radius 1 is 1.42 bits per heavy atom. The zero-order valence-electron chi connectivity index (χ0n) is 10.1. The average Bonchev–Trinajstić information content (AvgIpc) is 2.39. The summed E-state index contributed by atoms with van der Waals surface area (Å²) in [6.07, 6.45) is 2.71. The highest BCUT2D eigenvalue weighted by Gasteiger charge is 2.32. The summed E-state index contributed by atoms with van der Waals surface area (Å²) >= 11 is 0. The zero-order valence-corrected chi connectivity index (χ0v) is 10.9. The van der Waals surface area contributed by atoms with E-state index in [1.807, 2.05) is 0 Å². The lowest BCUT2D eigenvalue weighted by Gasteiger charge is -2.31. The lowest BCUT2D eigenvalue weighted by Crippen LogP contribution is -2.48. The minimum atomic E-state index is -3.73. The summed E-state index contributed by atoms with van der Waals surface area (Å²) in [5.74, 6) is -0.387. The van der Waals surface area contributed by atoms with Crippen LogP contribution < -0.4 is 5.73 Å². The topological polar surface area (TPSA) is 119 Å². The van der Waals surface area contributed by atoms with Crippen molar-refractivity contribution in [2.24, 2.45) is 5.73 Å². The molecule has 1 aromatic heterocycles. The van der Waals surface area contributed by atoms with Crippen LogP contribution in [0.1, 0.15) is 19.3 Å². The molecule has 2 N–H and O–H groups in total. The van der Waals surface area contributed by atoms with E-state index >= 15 is 0 Å². The van der Waals surface area contributed by atoms with E-state index in [-0.39, 0.29) is 10.7 Å². The first-order valence-electron chi connectivity index (χ1n) is 5.81. The number of nitrogens with two attached hydrogens (primary N) is 1. The van der Waals surface area contributed by atoms with Gasteiger partial charge in [0.25, 0.3) is 0 Å². The van der Waals surface area contributed by atoms with Crippen LogP contribution in [0.4, 0.5) is 5.82 Å². The molecule has 0 aromatic carbocycles. The molecule has 1 unspecified atom stereocenters. The molecule has 1 fully saturated rings. The number of hydrogen-bond acceptors (Lipinski definition) is 6. The molecule has 1 atom stereocenters. The summed E-state index contributed by atoms with van der Waals surface area (Å²) in [7, 11) is -3.73. The molecule has 8 nitrogen and oxygen atoms in total. The van der Waals surface area contributed by atoms with Gasteiger partial charge in [-0.1, -0.05) is 0 Å². The van der Waals surface area contributed by atoms with Crippen molar-refractivity contribution in [3.8, 4) is 0 Å². The van der Waals surface area contributed by atoms with Crippen LogP contribution in [0.2, 0.25) is 0 Å². The van der Waals surface area contributed by atoms with Gasteiger partial charge in [0.05, 0.1) is 6.17 Å². The van der Waals surface area contributed by atoms with Crippen LogP contribution >= 0.6 is 0 Å². The first kappa shape index (κ1) is 13.8. The van der Waals surface area contributed by atoms with E-state index < -0.39 is 21.1 Å². The fourth-order valence-electron chi connectivity index (χ4n) is 2.00. The molecule has 1 aromatic rings. The van der Waals surface area contributed by atoms with Crippen molar-refractivity contribution in [2.45, 2.75) is 30.3 Å². The third-order valence-electron chi connectivity index (χ3n) is 3.01. The molecule has 1 aliphatic rings. The van der Waals surface area contributed by atoms with Crippen molar-refractivity contribution < 1.29 is 13.3 Å². The fourth-order valence-corrected chi connectivity index (χ4v) is 3.53. The number of nitrogens with zero attached hydrogens (tertiary/aromatic N) is 3. The maximum Gasteiger partial charge on any atom is 0.363 e. The molecule has 9 heteroatoms. The number of nitro groups is 1. The Hall–Kier alpha value is -1.58. The van der Waals surface area contributed by atoms with Gasteiger partial charge in [-0.3, -0.25) is 0 Å². The number of pyridine rings is 1. The number of piperidine rings is 1. The van der Waals surface area contributed by atoms with E-state index in [1.165, 1.54) is 10.4 Å². The molecule has 0 amide bonds. The smallest absolute Gasteiger partial charge is 0.358 e. The molecule has 0 spiro atoms. The van der Waals surface area contributed by atoms with Crippen molar-refractivity contribution in [3.63, 3.8) is 0 Å². The largest absolute Gasteiger partial charge is 0.363 e. The van der Waals surface area contributed by atoms with Crippen LogP contribution in [0.3, 0.4) is 0 Å². The predicted octanol–water partition coefficient (Wildman–Crippen LogP) is 0.449. The Bertz CT molecular complexity index is 572. The van der Waals surface area contributed by atoms with Crippen LogP contribution in [0.25, 0.3) is 0 Å². The third-order valence-corrected chi connectivity index (χ3v) is 4.92. The molecule has 2 heterocycles. The first-order valence-corrected chi connectivity index (χ1v) is 7.25. The molecule has 0 aliphatic carbocycles. The Morgan fingerprint density at radius 2 is 2.16 bits per heavy atom. The van der Waals surface area contributed by atoms with E-state index in [0.717, 1.165) is 25.1 Å². The molecule has 0 radical (unpaired) electrons. The Morgan fingerprint density at radius 3 is 2.68 bits per heavy atom. The second-order valence-electron chi connectivity index (χ2n) is 4.29. The molecule has 0 saturated carbocycles. The van der Waals surface area contributed by atoms with Crippen LogP contribution in [-0.2, 0) is 10.0 Å². The van der Waals surface area contributed by atoms with Crippen LogP contribution in [0.15, 0.2) is 23.2 Å². The van der Waals surface area contributed by atoms with E-state index in [0.29, 0.717) is 13.0 Å². The Kier molecular flexibility index (Phi) is 3.78. The number of aromatic nitrogens is 1. The minimum Gasteiger partial charge on any atom is -0.358 e. The molecular weight excluding hydrogens is 272 g/mol. The van der Waals surface area contributed by atoms with Gasteiger partial charge in [-0.05, 0) is 35.2 Å². The highest BCUT2D eigenvalue weighted by Crippen LogP contribution is 2.23. The number of rotatable bonds is 3. The maximum atomic E-state index is 12.3. The molecule has 104 valence electrons. The first-order chi connectivity index (χ1) is 8.93. The molecule has 0 bridgehead atoms. The molecule has 1 saturated heterocycles. The summed E-state index contributed by atoms with van der Waals surface area (Å²) in [5, 5.41) is 10.5. The standard InChI is InChI=1S/C10H14N4O4S/c11-9-3-1-2-6-13(9)19(17,18)8-4-5-10(12-7-8)14(15)16/h4-5,7,9H,1-3,6,11H2. The van der Waals surface area contributed by atoms with Gasteiger partial charge in [0.15, 0.2) is 6.20 Å². The molecule has 2 rings (SSSR count). The summed E-state index contributed by atoms with van der Waals surface area (Å²) in [6.45, 7) is 0.362. The highest BCUT2D eigenvalue weighted by atomic mass is 32.2. The molecule has 19 heavy (non-hydrogen) atoms. The summed E-state index contributed by atoms with van der Waals surface area (Å²) in [5.41, 5.74) is 5.80. The van der Waals surface area contributed by atoms with Crippen LogP contribution in [0, 0.1) is 10.1 Å². The third kappa shape index (κ3) is 2.72. The van der Waals surface area contributed by atoms with E-state index in [2.05, 4.69) is 4.98 Å². The fraction of sp³-hybridized carbons (Fsp3) is 0.500. The van der Waals surface area contributed by atoms with Crippen molar-refractivity contribution in [3.05, 3.63) is 28.4 Å². The highest BCUT2D eigenvalue weighted by molar-refractivity contribution is 7.89. The zero-order chi connectivity index (χ0) is 14.0. The lowest BCUT2D eigenvalue weighted by molar-refractivity contribution is -0.389.